The summed E-state index contributed by atoms with van der Waals surface area (Å²) in [4.78, 5) is 7.75. The van der Waals surface area contributed by atoms with E-state index in [4.69, 9.17) is 0 Å². The standard InChI is InChI=1S/C11H14N4O/c1-8(2)15-6-10(5-14-15)11(16)9-3-12-7-13-4-9/h3-8,11,16H,1-2H3. The van der Waals surface area contributed by atoms with Crippen LogP contribution in [-0.4, -0.2) is 24.9 Å². The van der Waals surface area contributed by atoms with Crippen molar-refractivity contribution >= 4 is 0 Å². The maximum Gasteiger partial charge on any atom is 0.115 e. The molecule has 1 unspecified atom stereocenters. The third kappa shape index (κ3) is 2.09. The molecule has 0 aliphatic carbocycles. The van der Waals surface area contributed by atoms with Crippen LogP contribution in [0.1, 0.15) is 37.1 Å². The summed E-state index contributed by atoms with van der Waals surface area (Å²) in [5.74, 6) is 0. The van der Waals surface area contributed by atoms with Crippen molar-refractivity contribution in [1.82, 2.24) is 19.7 Å². The quantitative estimate of drug-likeness (QED) is 0.844. The summed E-state index contributed by atoms with van der Waals surface area (Å²) >= 11 is 0. The van der Waals surface area contributed by atoms with E-state index >= 15 is 0 Å². The first kappa shape index (κ1) is 10.8. The van der Waals surface area contributed by atoms with Crippen molar-refractivity contribution in [3.05, 3.63) is 42.2 Å². The average molecular weight is 218 g/mol. The summed E-state index contributed by atoms with van der Waals surface area (Å²) < 4.78 is 1.81. The lowest BCUT2D eigenvalue weighted by Crippen LogP contribution is -2.02. The molecule has 0 aliphatic rings. The molecule has 1 atom stereocenters. The highest BCUT2D eigenvalue weighted by molar-refractivity contribution is 5.22. The smallest absolute Gasteiger partial charge is 0.115 e. The normalized spacial score (nSPS) is 13.0. The van der Waals surface area contributed by atoms with Crippen LogP contribution in [0.3, 0.4) is 0 Å². The number of aliphatic hydroxyl groups excluding tert-OH is 1. The molecule has 0 saturated carbocycles. The highest BCUT2D eigenvalue weighted by atomic mass is 16.3. The predicted molar refractivity (Wildman–Crippen MR) is 58.7 cm³/mol. The average Bonchev–Trinajstić information content (AvgIpc) is 2.78. The van der Waals surface area contributed by atoms with Gasteiger partial charge in [-0.25, -0.2) is 9.97 Å². The topological polar surface area (TPSA) is 63.8 Å². The zero-order valence-electron chi connectivity index (χ0n) is 9.28. The van der Waals surface area contributed by atoms with E-state index in [2.05, 4.69) is 15.1 Å². The van der Waals surface area contributed by atoms with Gasteiger partial charge in [-0.05, 0) is 13.8 Å². The highest BCUT2D eigenvalue weighted by Gasteiger charge is 2.13. The van der Waals surface area contributed by atoms with Crippen LogP contribution in [0.2, 0.25) is 0 Å². The molecule has 2 rings (SSSR count). The third-order valence-corrected chi connectivity index (χ3v) is 2.36. The molecule has 2 aromatic rings. The van der Waals surface area contributed by atoms with Crippen molar-refractivity contribution in [1.29, 1.82) is 0 Å². The van der Waals surface area contributed by atoms with Gasteiger partial charge < -0.3 is 5.11 Å². The highest BCUT2D eigenvalue weighted by Crippen LogP contribution is 2.20. The fraction of sp³-hybridized carbons (Fsp3) is 0.364. The van der Waals surface area contributed by atoms with Gasteiger partial charge in [0.25, 0.3) is 0 Å². The van der Waals surface area contributed by atoms with Crippen LogP contribution in [0.25, 0.3) is 0 Å². The number of aliphatic hydroxyl groups is 1. The van der Waals surface area contributed by atoms with E-state index in [0.717, 1.165) is 5.56 Å². The van der Waals surface area contributed by atoms with E-state index in [0.29, 0.717) is 5.56 Å². The summed E-state index contributed by atoms with van der Waals surface area (Å²) in [5.41, 5.74) is 1.43. The number of hydrogen-bond acceptors (Lipinski definition) is 4. The summed E-state index contributed by atoms with van der Waals surface area (Å²) in [5, 5.41) is 14.2. The maximum atomic E-state index is 10.1. The summed E-state index contributed by atoms with van der Waals surface area (Å²) in [6.07, 6.45) is 7.43. The van der Waals surface area contributed by atoms with Crippen LogP contribution in [0, 0.1) is 0 Å². The van der Waals surface area contributed by atoms with Gasteiger partial charge in [0.15, 0.2) is 0 Å². The Morgan fingerprint density at radius 1 is 1.12 bits per heavy atom. The summed E-state index contributed by atoms with van der Waals surface area (Å²) in [6.45, 7) is 4.07. The van der Waals surface area contributed by atoms with E-state index in [-0.39, 0.29) is 6.04 Å². The SMILES string of the molecule is CC(C)n1cc(C(O)c2cncnc2)cn1. The van der Waals surface area contributed by atoms with E-state index in [1.54, 1.807) is 18.6 Å². The molecule has 2 aromatic heterocycles. The Kier molecular flexibility index (Phi) is 2.96. The Bertz CT molecular complexity index is 452. The zero-order chi connectivity index (χ0) is 11.5. The molecule has 2 heterocycles. The molecular weight excluding hydrogens is 204 g/mol. The Labute approximate surface area is 93.8 Å². The summed E-state index contributed by atoms with van der Waals surface area (Å²) in [6, 6.07) is 0.285. The third-order valence-electron chi connectivity index (χ3n) is 2.36. The van der Waals surface area contributed by atoms with Crippen molar-refractivity contribution < 1.29 is 5.11 Å². The van der Waals surface area contributed by atoms with E-state index < -0.39 is 6.10 Å². The van der Waals surface area contributed by atoms with Crippen LogP contribution >= 0.6 is 0 Å². The molecule has 84 valence electrons. The number of nitrogens with zero attached hydrogens (tertiary/aromatic N) is 4. The Balaban J connectivity index is 2.24. The van der Waals surface area contributed by atoms with Crippen molar-refractivity contribution in [2.45, 2.75) is 26.0 Å². The molecule has 5 heteroatoms. The molecular formula is C11H14N4O. The van der Waals surface area contributed by atoms with Gasteiger partial charge in [-0.3, -0.25) is 4.68 Å². The van der Waals surface area contributed by atoms with Crippen LogP contribution in [0.4, 0.5) is 0 Å². The van der Waals surface area contributed by atoms with Gasteiger partial charge >= 0.3 is 0 Å². The molecule has 0 radical (unpaired) electrons. The van der Waals surface area contributed by atoms with Gasteiger partial charge in [-0.2, -0.15) is 5.10 Å². The molecule has 0 fully saturated rings. The number of rotatable bonds is 3. The molecule has 0 saturated heterocycles. The lowest BCUT2D eigenvalue weighted by Gasteiger charge is -2.07. The Morgan fingerprint density at radius 3 is 2.38 bits per heavy atom. The van der Waals surface area contributed by atoms with Gasteiger partial charge in [0, 0.05) is 35.8 Å². The van der Waals surface area contributed by atoms with Gasteiger partial charge in [0.2, 0.25) is 0 Å². The second-order valence-corrected chi connectivity index (χ2v) is 3.92. The number of hydrogen-bond donors (Lipinski definition) is 1. The fourth-order valence-corrected chi connectivity index (χ4v) is 1.42. The lowest BCUT2D eigenvalue weighted by atomic mass is 10.1. The van der Waals surface area contributed by atoms with Crippen molar-refractivity contribution in [3.63, 3.8) is 0 Å². The molecule has 5 nitrogen and oxygen atoms in total. The van der Waals surface area contributed by atoms with E-state index in [9.17, 15) is 5.11 Å². The van der Waals surface area contributed by atoms with Crippen molar-refractivity contribution in [2.24, 2.45) is 0 Å². The van der Waals surface area contributed by atoms with Gasteiger partial charge in [0.1, 0.15) is 12.4 Å². The molecule has 16 heavy (non-hydrogen) atoms. The maximum absolute atomic E-state index is 10.1. The molecule has 0 bridgehead atoms. The molecule has 0 amide bonds. The minimum absolute atomic E-state index is 0.285. The lowest BCUT2D eigenvalue weighted by molar-refractivity contribution is 0.219. The monoisotopic (exact) mass is 218 g/mol. The molecule has 0 spiro atoms. The molecule has 0 aliphatic heterocycles. The first-order valence-electron chi connectivity index (χ1n) is 5.15. The van der Waals surface area contributed by atoms with E-state index in [1.807, 2.05) is 24.7 Å². The predicted octanol–water partition coefficient (Wildman–Crippen LogP) is 1.34. The largest absolute Gasteiger partial charge is 0.383 e. The zero-order valence-corrected chi connectivity index (χ0v) is 9.28. The van der Waals surface area contributed by atoms with Gasteiger partial charge in [-0.15, -0.1) is 0 Å². The Morgan fingerprint density at radius 2 is 1.81 bits per heavy atom. The molecule has 1 N–H and O–H groups in total. The second-order valence-electron chi connectivity index (χ2n) is 3.92. The van der Waals surface area contributed by atoms with Gasteiger partial charge in [-0.1, -0.05) is 0 Å². The Hall–Kier alpha value is -1.75. The first-order valence-corrected chi connectivity index (χ1v) is 5.15. The van der Waals surface area contributed by atoms with E-state index in [1.165, 1.54) is 6.33 Å². The van der Waals surface area contributed by atoms with Crippen LogP contribution in [0.5, 0.6) is 0 Å². The minimum Gasteiger partial charge on any atom is -0.383 e. The number of aromatic nitrogens is 4. The van der Waals surface area contributed by atoms with Gasteiger partial charge in [0.05, 0.1) is 6.20 Å². The van der Waals surface area contributed by atoms with Crippen LogP contribution in [0.15, 0.2) is 31.1 Å². The van der Waals surface area contributed by atoms with Crippen molar-refractivity contribution in [3.8, 4) is 0 Å². The van der Waals surface area contributed by atoms with Crippen LogP contribution in [-0.2, 0) is 0 Å². The second kappa shape index (κ2) is 4.40. The van der Waals surface area contributed by atoms with Crippen molar-refractivity contribution in [2.75, 3.05) is 0 Å². The first-order chi connectivity index (χ1) is 7.68. The minimum atomic E-state index is -0.714. The van der Waals surface area contributed by atoms with Crippen LogP contribution < -0.4 is 0 Å². The molecule has 0 aromatic carbocycles. The fourth-order valence-electron chi connectivity index (χ4n) is 1.42. The summed E-state index contributed by atoms with van der Waals surface area (Å²) in [7, 11) is 0.